The summed E-state index contributed by atoms with van der Waals surface area (Å²) in [5.74, 6) is -0.377. The van der Waals surface area contributed by atoms with Gasteiger partial charge < -0.3 is 9.47 Å². The van der Waals surface area contributed by atoms with Gasteiger partial charge in [-0.25, -0.2) is 4.79 Å². The van der Waals surface area contributed by atoms with Crippen LogP contribution in [0.4, 0.5) is 5.69 Å². The number of nitro benzene ring substituents is 1. The van der Waals surface area contributed by atoms with Gasteiger partial charge in [0.05, 0.1) is 28.5 Å². The molecule has 0 atom stereocenters. The summed E-state index contributed by atoms with van der Waals surface area (Å²) < 4.78 is 12.2. The average Bonchev–Trinajstić information content (AvgIpc) is 3.09. The van der Waals surface area contributed by atoms with E-state index >= 15 is 0 Å². The summed E-state index contributed by atoms with van der Waals surface area (Å²) in [5.41, 5.74) is 5.36. The van der Waals surface area contributed by atoms with Crippen molar-refractivity contribution in [1.82, 2.24) is 4.68 Å². The first-order chi connectivity index (χ1) is 15.3. The predicted molar refractivity (Wildman–Crippen MR) is 118 cm³/mol. The maximum absolute atomic E-state index is 12.6. The number of amides is 1. The smallest absolute Gasteiger partial charge is 0.340 e. The highest BCUT2D eigenvalue weighted by Gasteiger charge is 2.21. The second-order valence-electron chi connectivity index (χ2n) is 6.98. The molecule has 9 nitrogen and oxygen atoms in total. The van der Waals surface area contributed by atoms with Crippen molar-refractivity contribution >= 4 is 17.6 Å². The molecule has 0 aliphatic heterocycles. The molecular formula is C23H23N3O6. The van der Waals surface area contributed by atoms with Crippen LogP contribution in [0.25, 0.3) is 11.3 Å². The number of nitrogens with zero attached hydrogens (tertiary/aromatic N) is 2. The van der Waals surface area contributed by atoms with E-state index in [0.717, 1.165) is 5.56 Å². The van der Waals surface area contributed by atoms with E-state index in [1.807, 2.05) is 25.1 Å². The number of non-ortho nitro benzene ring substituents is 1. The molecule has 0 unspecified atom stereocenters. The summed E-state index contributed by atoms with van der Waals surface area (Å²) in [7, 11) is 0. The third-order valence-electron chi connectivity index (χ3n) is 4.81. The van der Waals surface area contributed by atoms with Crippen molar-refractivity contribution in [1.29, 1.82) is 0 Å². The Morgan fingerprint density at radius 1 is 1.09 bits per heavy atom. The van der Waals surface area contributed by atoms with Gasteiger partial charge in [0, 0.05) is 17.7 Å². The van der Waals surface area contributed by atoms with Gasteiger partial charge in [0.15, 0.2) is 6.61 Å². The summed E-state index contributed by atoms with van der Waals surface area (Å²) in [5, 5.41) is 11.0. The first-order valence-electron chi connectivity index (χ1n) is 9.94. The van der Waals surface area contributed by atoms with Crippen LogP contribution >= 0.6 is 0 Å². The molecule has 32 heavy (non-hydrogen) atoms. The predicted octanol–water partition coefficient (Wildman–Crippen LogP) is 4.01. The van der Waals surface area contributed by atoms with Gasteiger partial charge in [-0.15, -0.1) is 0 Å². The molecule has 1 N–H and O–H groups in total. The van der Waals surface area contributed by atoms with Gasteiger partial charge in [0.2, 0.25) is 0 Å². The van der Waals surface area contributed by atoms with E-state index in [9.17, 15) is 19.7 Å². The number of para-hydroxylation sites is 1. The summed E-state index contributed by atoms with van der Waals surface area (Å²) in [6, 6.07) is 14.7. The van der Waals surface area contributed by atoms with Gasteiger partial charge in [-0.3, -0.25) is 25.0 Å². The topological polar surface area (TPSA) is 113 Å². The highest BCUT2D eigenvalue weighted by molar-refractivity contribution is 5.94. The lowest BCUT2D eigenvalue weighted by Gasteiger charge is -2.14. The third kappa shape index (κ3) is 4.94. The SMILES string of the molecule is CCOC(=O)c1cc(-c2ccc([N+](=O)[O-])cc2)n(NC(=O)COc2ccccc2C)c1C. The average molecular weight is 437 g/mol. The molecule has 1 amide bonds. The first kappa shape index (κ1) is 22.5. The Labute approximate surface area is 184 Å². The van der Waals surface area contributed by atoms with Crippen molar-refractivity contribution in [3.05, 3.63) is 81.5 Å². The van der Waals surface area contributed by atoms with Crippen LogP contribution in [0, 0.1) is 24.0 Å². The molecule has 0 radical (unpaired) electrons. The number of hydrogen-bond acceptors (Lipinski definition) is 6. The van der Waals surface area contributed by atoms with Crippen molar-refractivity contribution in [2.24, 2.45) is 0 Å². The number of esters is 1. The molecule has 1 aromatic heterocycles. The monoisotopic (exact) mass is 437 g/mol. The van der Waals surface area contributed by atoms with Gasteiger partial charge in [-0.1, -0.05) is 18.2 Å². The van der Waals surface area contributed by atoms with E-state index in [-0.39, 0.29) is 24.5 Å². The Morgan fingerprint density at radius 3 is 2.41 bits per heavy atom. The van der Waals surface area contributed by atoms with E-state index in [0.29, 0.717) is 22.7 Å². The van der Waals surface area contributed by atoms with Crippen LogP contribution in [0.3, 0.4) is 0 Å². The number of rotatable bonds is 8. The highest BCUT2D eigenvalue weighted by Crippen LogP contribution is 2.27. The molecular weight excluding hydrogens is 414 g/mol. The van der Waals surface area contributed by atoms with E-state index in [2.05, 4.69) is 5.43 Å². The van der Waals surface area contributed by atoms with Gasteiger partial charge in [-0.05, 0) is 50.6 Å². The molecule has 166 valence electrons. The number of ether oxygens (including phenoxy) is 2. The zero-order valence-corrected chi connectivity index (χ0v) is 18.0. The van der Waals surface area contributed by atoms with Gasteiger partial charge in [0.1, 0.15) is 5.75 Å². The minimum absolute atomic E-state index is 0.0649. The Kier molecular flexibility index (Phi) is 6.89. The number of aromatic nitrogens is 1. The van der Waals surface area contributed by atoms with Crippen molar-refractivity contribution in [3.63, 3.8) is 0 Å². The van der Waals surface area contributed by atoms with Crippen LogP contribution in [0.5, 0.6) is 5.75 Å². The molecule has 2 aromatic carbocycles. The Hall–Kier alpha value is -4.14. The number of nitrogens with one attached hydrogen (secondary N) is 1. The zero-order chi connectivity index (χ0) is 23.3. The molecule has 3 rings (SSSR count). The van der Waals surface area contributed by atoms with Gasteiger partial charge >= 0.3 is 5.97 Å². The Morgan fingerprint density at radius 2 is 1.78 bits per heavy atom. The second-order valence-corrected chi connectivity index (χ2v) is 6.98. The standard InChI is InChI=1S/C23H23N3O6/c1-4-31-23(28)19-13-20(17-9-11-18(12-10-17)26(29)30)25(16(19)3)24-22(27)14-32-21-8-6-5-7-15(21)2/h5-13H,4,14H2,1-3H3,(H,24,27). The number of nitro groups is 1. The summed E-state index contributed by atoms with van der Waals surface area (Å²) in [6.07, 6.45) is 0. The fourth-order valence-electron chi connectivity index (χ4n) is 3.15. The van der Waals surface area contributed by atoms with Gasteiger partial charge in [0.25, 0.3) is 11.6 Å². The number of hydrogen-bond donors (Lipinski definition) is 1. The molecule has 0 spiro atoms. The maximum atomic E-state index is 12.6. The Balaban J connectivity index is 1.90. The molecule has 0 aliphatic carbocycles. The van der Waals surface area contributed by atoms with Crippen molar-refractivity contribution in [2.45, 2.75) is 20.8 Å². The van der Waals surface area contributed by atoms with Crippen LogP contribution in [-0.2, 0) is 9.53 Å². The fraction of sp³-hybridized carbons (Fsp3) is 0.217. The molecule has 0 aliphatic rings. The minimum Gasteiger partial charge on any atom is -0.483 e. The molecule has 0 fully saturated rings. The van der Waals surface area contributed by atoms with E-state index in [4.69, 9.17) is 9.47 Å². The largest absolute Gasteiger partial charge is 0.483 e. The molecule has 1 heterocycles. The number of carbonyl (C=O) groups is 2. The van der Waals surface area contributed by atoms with E-state index in [1.165, 1.54) is 16.8 Å². The summed E-state index contributed by atoms with van der Waals surface area (Å²) in [4.78, 5) is 35.5. The third-order valence-corrected chi connectivity index (χ3v) is 4.81. The molecule has 0 saturated carbocycles. The van der Waals surface area contributed by atoms with Crippen LogP contribution in [0.15, 0.2) is 54.6 Å². The number of aryl methyl sites for hydroxylation is 1. The fourth-order valence-corrected chi connectivity index (χ4v) is 3.15. The summed E-state index contributed by atoms with van der Waals surface area (Å²) >= 11 is 0. The zero-order valence-electron chi connectivity index (χ0n) is 18.0. The van der Waals surface area contributed by atoms with Crippen LogP contribution in [0.1, 0.15) is 28.5 Å². The summed E-state index contributed by atoms with van der Waals surface area (Å²) in [6.45, 7) is 5.21. The quantitative estimate of drug-likeness (QED) is 0.324. The lowest BCUT2D eigenvalue weighted by atomic mass is 10.1. The van der Waals surface area contributed by atoms with Crippen molar-refractivity contribution in [2.75, 3.05) is 18.6 Å². The van der Waals surface area contributed by atoms with Crippen molar-refractivity contribution in [3.8, 4) is 17.0 Å². The minimum atomic E-state index is -0.530. The molecule has 0 saturated heterocycles. The van der Waals surface area contributed by atoms with Crippen LogP contribution < -0.4 is 10.2 Å². The van der Waals surface area contributed by atoms with Crippen LogP contribution in [-0.4, -0.2) is 34.7 Å². The van der Waals surface area contributed by atoms with Crippen LogP contribution in [0.2, 0.25) is 0 Å². The first-order valence-corrected chi connectivity index (χ1v) is 9.94. The second kappa shape index (κ2) is 9.78. The lowest BCUT2D eigenvalue weighted by molar-refractivity contribution is -0.384. The number of benzene rings is 2. The molecule has 3 aromatic rings. The van der Waals surface area contributed by atoms with Gasteiger partial charge in [-0.2, -0.15) is 0 Å². The number of carbonyl (C=O) groups excluding carboxylic acids is 2. The molecule has 9 heteroatoms. The van der Waals surface area contributed by atoms with E-state index in [1.54, 1.807) is 38.1 Å². The van der Waals surface area contributed by atoms with E-state index < -0.39 is 16.8 Å². The normalized spacial score (nSPS) is 10.5. The Bertz CT molecular complexity index is 1150. The maximum Gasteiger partial charge on any atom is 0.340 e. The molecule has 0 bridgehead atoms. The lowest BCUT2D eigenvalue weighted by Crippen LogP contribution is -2.29. The highest BCUT2D eigenvalue weighted by atomic mass is 16.6. The van der Waals surface area contributed by atoms with Crippen molar-refractivity contribution < 1.29 is 24.0 Å².